The van der Waals surface area contributed by atoms with E-state index in [1.165, 1.54) is 6.42 Å². The average Bonchev–Trinajstić information content (AvgIpc) is 2.33. The summed E-state index contributed by atoms with van der Waals surface area (Å²) in [5, 5.41) is 10.7. The molecule has 1 N–H and O–H groups in total. The standard InChI is InChI=1S/C17H32O3Si/c1-17(2,3)20-16(19)14(12-21(4,5)6)15(18)13-10-8-7-9-11-13/h12-13,15,18H,7-11H2,1-6H3/b14-12-. The summed E-state index contributed by atoms with van der Waals surface area (Å²) < 4.78 is 5.51. The highest BCUT2D eigenvalue weighted by Gasteiger charge is 2.32. The minimum atomic E-state index is -1.61. The zero-order chi connectivity index (χ0) is 16.3. The fourth-order valence-electron chi connectivity index (χ4n) is 2.77. The monoisotopic (exact) mass is 312 g/mol. The van der Waals surface area contributed by atoms with Crippen LogP contribution in [0.25, 0.3) is 0 Å². The predicted octanol–water partition coefficient (Wildman–Crippen LogP) is 4.07. The Labute approximate surface area is 130 Å². The molecule has 4 heteroatoms. The van der Waals surface area contributed by atoms with Gasteiger partial charge in [0.25, 0.3) is 0 Å². The molecular weight excluding hydrogens is 280 g/mol. The SMILES string of the molecule is CC(C)(C)OC(=O)/C(=C\[Si](C)(C)C)C(O)C1CCCCC1. The number of aliphatic hydroxyl groups excluding tert-OH is 1. The maximum Gasteiger partial charge on any atom is 0.336 e. The van der Waals surface area contributed by atoms with Gasteiger partial charge in [-0.25, -0.2) is 4.79 Å². The van der Waals surface area contributed by atoms with Crippen molar-refractivity contribution in [2.45, 2.75) is 84.2 Å². The molecule has 1 fully saturated rings. The van der Waals surface area contributed by atoms with Gasteiger partial charge in [0.15, 0.2) is 0 Å². The van der Waals surface area contributed by atoms with Crippen molar-refractivity contribution in [3.63, 3.8) is 0 Å². The van der Waals surface area contributed by atoms with Gasteiger partial charge in [0, 0.05) is 0 Å². The van der Waals surface area contributed by atoms with Crippen LogP contribution >= 0.6 is 0 Å². The van der Waals surface area contributed by atoms with E-state index in [9.17, 15) is 9.90 Å². The molecule has 0 aliphatic heterocycles. The van der Waals surface area contributed by atoms with E-state index in [1.54, 1.807) is 0 Å². The van der Waals surface area contributed by atoms with E-state index in [1.807, 2.05) is 26.5 Å². The molecule has 1 aliphatic carbocycles. The summed E-state index contributed by atoms with van der Waals surface area (Å²) in [6, 6.07) is 0. The van der Waals surface area contributed by atoms with Gasteiger partial charge in [-0.1, -0.05) is 44.6 Å². The first kappa shape index (κ1) is 18.4. The van der Waals surface area contributed by atoms with Gasteiger partial charge in [0.05, 0.1) is 19.8 Å². The second kappa shape index (κ2) is 7.10. The smallest absolute Gasteiger partial charge is 0.336 e. The van der Waals surface area contributed by atoms with Crippen molar-refractivity contribution >= 4 is 14.0 Å². The van der Waals surface area contributed by atoms with E-state index < -0.39 is 19.8 Å². The summed E-state index contributed by atoms with van der Waals surface area (Å²) in [7, 11) is -1.61. The van der Waals surface area contributed by atoms with Gasteiger partial charge in [-0.05, 0) is 39.5 Å². The minimum absolute atomic E-state index is 0.203. The molecule has 1 rings (SSSR count). The van der Waals surface area contributed by atoms with Crippen LogP contribution in [0.15, 0.2) is 11.3 Å². The summed E-state index contributed by atoms with van der Waals surface area (Å²) in [6.07, 6.45) is 4.88. The molecule has 0 amide bonds. The maximum atomic E-state index is 12.5. The molecule has 0 saturated heterocycles. The number of esters is 1. The molecule has 0 aromatic rings. The Bertz CT molecular complexity index is 382. The molecule has 0 radical (unpaired) electrons. The van der Waals surface area contributed by atoms with E-state index in [4.69, 9.17) is 4.74 Å². The van der Waals surface area contributed by atoms with Crippen LogP contribution in [0.2, 0.25) is 19.6 Å². The van der Waals surface area contributed by atoms with Gasteiger partial charge in [-0.3, -0.25) is 0 Å². The van der Waals surface area contributed by atoms with Crippen molar-refractivity contribution in [2.24, 2.45) is 5.92 Å². The molecule has 1 aliphatic rings. The molecule has 3 nitrogen and oxygen atoms in total. The van der Waals surface area contributed by atoms with Crippen molar-refractivity contribution < 1.29 is 14.6 Å². The zero-order valence-electron chi connectivity index (χ0n) is 14.5. The zero-order valence-corrected chi connectivity index (χ0v) is 15.5. The van der Waals surface area contributed by atoms with Crippen molar-refractivity contribution in [2.75, 3.05) is 0 Å². The maximum absolute atomic E-state index is 12.5. The fraction of sp³-hybridized carbons (Fsp3) is 0.824. The second-order valence-corrected chi connectivity index (χ2v) is 13.3. The van der Waals surface area contributed by atoms with Crippen LogP contribution in [0.4, 0.5) is 0 Å². The lowest BCUT2D eigenvalue weighted by molar-refractivity contribution is -0.151. The van der Waals surface area contributed by atoms with E-state index in [0.29, 0.717) is 5.57 Å². The van der Waals surface area contributed by atoms with Crippen LogP contribution < -0.4 is 0 Å². The summed E-state index contributed by atoms with van der Waals surface area (Å²) in [4.78, 5) is 12.5. The van der Waals surface area contributed by atoms with Crippen molar-refractivity contribution in [3.8, 4) is 0 Å². The van der Waals surface area contributed by atoms with Gasteiger partial charge in [0.1, 0.15) is 5.60 Å². The largest absolute Gasteiger partial charge is 0.457 e. The second-order valence-electron chi connectivity index (χ2n) is 8.31. The Kier molecular flexibility index (Phi) is 6.23. The Morgan fingerprint density at radius 2 is 1.71 bits per heavy atom. The van der Waals surface area contributed by atoms with Gasteiger partial charge < -0.3 is 9.84 Å². The number of rotatable bonds is 4. The number of hydrogen-bond acceptors (Lipinski definition) is 3. The molecule has 0 heterocycles. The molecule has 1 unspecified atom stereocenters. The Hall–Kier alpha value is -0.613. The topological polar surface area (TPSA) is 46.5 Å². The van der Waals surface area contributed by atoms with Crippen LogP contribution in [-0.2, 0) is 9.53 Å². The van der Waals surface area contributed by atoms with Crippen molar-refractivity contribution in [1.29, 1.82) is 0 Å². The lowest BCUT2D eigenvalue weighted by atomic mass is 9.83. The molecule has 1 saturated carbocycles. The lowest BCUT2D eigenvalue weighted by Crippen LogP contribution is -2.35. The normalized spacial score (nSPS) is 20.2. The lowest BCUT2D eigenvalue weighted by Gasteiger charge is -2.30. The fourth-order valence-corrected chi connectivity index (χ4v) is 3.99. The van der Waals surface area contributed by atoms with Crippen LogP contribution in [0, 0.1) is 5.92 Å². The number of aliphatic hydroxyl groups is 1. The molecule has 0 spiro atoms. The average molecular weight is 313 g/mol. The molecular formula is C17H32O3Si. The number of carbonyl (C=O) groups excluding carboxylic acids is 1. The van der Waals surface area contributed by atoms with Crippen molar-refractivity contribution in [1.82, 2.24) is 0 Å². The Morgan fingerprint density at radius 1 is 1.19 bits per heavy atom. The highest BCUT2D eigenvalue weighted by molar-refractivity contribution is 6.81. The summed E-state index contributed by atoms with van der Waals surface area (Å²) in [5.74, 6) is -0.142. The van der Waals surface area contributed by atoms with Gasteiger partial charge in [0.2, 0.25) is 0 Å². The number of hydrogen-bond donors (Lipinski definition) is 1. The number of carbonyl (C=O) groups is 1. The van der Waals surface area contributed by atoms with E-state index in [0.717, 1.165) is 25.7 Å². The molecule has 1 atom stereocenters. The van der Waals surface area contributed by atoms with E-state index in [-0.39, 0.29) is 11.9 Å². The first-order valence-electron chi connectivity index (χ1n) is 8.14. The predicted molar refractivity (Wildman–Crippen MR) is 89.9 cm³/mol. The van der Waals surface area contributed by atoms with Crippen LogP contribution in [0.3, 0.4) is 0 Å². The third kappa shape index (κ3) is 6.79. The first-order valence-corrected chi connectivity index (χ1v) is 11.7. The minimum Gasteiger partial charge on any atom is -0.457 e. The molecule has 21 heavy (non-hydrogen) atoms. The highest BCUT2D eigenvalue weighted by atomic mass is 28.3. The summed E-state index contributed by atoms with van der Waals surface area (Å²) in [6.45, 7) is 12.1. The van der Waals surface area contributed by atoms with Gasteiger partial charge in [-0.15, -0.1) is 0 Å². The number of ether oxygens (including phenoxy) is 1. The third-order valence-electron chi connectivity index (χ3n) is 3.64. The van der Waals surface area contributed by atoms with Crippen molar-refractivity contribution in [3.05, 3.63) is 11.3 Å². The first-order chi connectivity index (χ1) is 9.49. The van der Waals surface area contributed by atoms with Gasteiger partial charge in [-0.2, -0.15) is 0 Å². The van der Waals surface area contributed by atoms with E-state index >= 15 is 0 Å². The molecule has 0 aromatic heterocycles. The summed E-state index contributed by atoms with van der Waals surface area (Å²) in [5.41, 5.74) is 1.98. The summed E-state index contributed by atoms with van der Waals surface area (Å²) >= 11 is 0. The Balaban J connectivity index is 2.96. The van der Waals surface area contributed by atoms with Gasteiger partial charge >= 0.3 is 5.97 Å². The third-order valence-corrected chi connectivity index (χ3v) is 4.82. The molecule has 122 valence electrons. The highest BCUT2D eigenvalue weighted by Crippen LogP contribution is 2.31. The Morgan fingerprint density at radius 3 is 2.14 bits per heavy atom. The van der Waals surface area contributed by atoms with Crippen LogP contribution in [0.1, 0.15) is 52.9 Å². The molecule has 0 bridgehead atoms. The van der Waals surface area contributed by atoms with E-state index in [2.05, 4.69) is 19.6 Å². The molecule has 0 aromatic carbocycles. The quantitative estimate of drug-likeness (QED) is 0.483. The van der Waals surface area contributed by atoms with Crippen LogP contribution in [0.5, 0.6) is 0 Å². The van der Waals surface area contributed by atoms with Crippen LogP contribution in [-0.4, -0.2) is 30.9 Å².